The highest BCUT2D eigenvalue weighted by molar-refractivity contribution is 6.46. The van der Waals surface area contributed by atoms with Gasteiger partial charge in [0.05, 0.1) is 17.9 Å². The second-order valence-corrected chi connectivity index (χ2v) is 8.68. The van der Waals surface area contributed by atoms with Gasteiger partial charge in [0.2, 0.25) is 0 Å². The predicted molar refractivity (Wildman–Crippen MR) is 137 cm³/mol. The number of amides is 2. The van der Waals surface area contributed by atoms with Gasteiger partial charge in [-0.1, -0.05) is 63.2 Å². The minimum atomic E-state index is -0.338. The van der Waals surface area contributed by atoms with Gasteiger partial charge in [-0.2, -0.15) is 0 Å². The third-order valence-corrected chi connectivity index (χ3v) is 5.97. The molecule has 5 heteroatoms. The first-order valence-electron chi connectivity index (χ1n) is 11.7. The first-order chi connectivity index (χ1) is 16.4. The van der Waals surface area contributed by atoms with Gasteiger partial charge < -0.3 is 9.64 Å². The van der Waals surface area contributed by atoms with Crippen LogP contribution in [0.4, 0.5) is 11.4 Å². The maximum Gasteiger partial charge on any atom is 0.282 e. The molecule has 34 heavy (non-hydrogen) atoms. The number of carbonyl (C=O) groups is 2. The van der Waals surface area contributed by atoms with E-state index in [9.17, 15) is 9.59 Å². The largest absolute Gasteiger partial charge is 0.494 e. The molecule has 5 nitrogen and oxygen atoms in total. The Bertz CT molecular complexity index is 1200. The number of anilines is 2. The van der Waals surface area contributed by atoms with Gasteiger partial charge in [0.25, 0.3) is 11.8 Å². The van der Waals surface area contributed by atoms with Crippen LogP contribution in [-0.2, 0) is 9.59 Å². The molecule has 1 aliphatic rings. The van der Waals surface area contributed by atoms with Crippen molar-refractivity contribution in [2.75, 3.05) is 23.5 Å². The molecule has 0 fully saturated rings. The van der Waals surface area contributed by atoms with Crippen LogP contribution < -0.4 is 14.5 Å². The van der Waals surface area contributed by atoms with Gasteiger partial charge in [-0.05, 0) is 59.9 Å². The van der Waals surface area contributed by atoms with Crippen LogP contribution in [0.15, 0.2) is 84.6 Å². The number of carbonyl (C=O) groups excluding carboxylic acids is 2. The topological polar surface area (TPSA) is 49.9 Å². The highest BCUT2D eigenvalue weighted by Crippen LogP contribution is 2.37. The smallest absolute Gasteiger partial charge is 0.282 e. The van der Waals surface area contributed by atoms with E-state index in [1.165, 1.54) is 4.90 Å². The van der Waals surface area contributed by atoms with Crippen LogP contribution >= 0.6 is 0 Å². The zero-order valence-corrected chi connectivity index (χ0v) is 20.1. The molecule has 3 aromatic rings. The molecule has 0 aromatic heterocycles. The van der Waals surface area contributed by atoms with E-state index in [1.807, 2.05) is 85.9 Å². The van der Waals surface area contributed by atoms with Crippen LogP contribution in [0.3, 0.4) is 0 Å². The van der Waals surface area contributed by atoms with Crippen molar-refractivity contribution in [1.29, 1.82) is 0 Å². The molecule has 0 atom stereocenters. The molecule has 0 unspecified atom stereocenters. The molecule has 0 N–H and O–H groups in total. The van der Waals surface area contributed by atoms with E-state index in [1.54, 1.807) is 4.90 Å². The normalized spacial score (nSPS) is 13.7. The molecule has 3 aromatic carbocycles. The fraction of sp³-hybridized carbons (Fsp3) is 0.241. The Morgan fingerprint density at radius 3 is 2.09 bits per heavy atom. The predicted octanol–water partition coefficient (Wildman–Crippen LogP) is 6.02. The van der Waals surface area contributed by atoms with Gasteiger partial charge in [0.1, 0.15) is 11.4 Å². The second-order valence-electron chi connectivity index (χ2n) is 8.68. The Balaban J connectivity index is 1.78. The monoisotopic (exact) mass is 454 g/mol. The minimum Gasteiger partial charge on any atom is -0.494 e. The van der Waals surface area contributed by atoms with Crippen molar-refractivity contribution in [3.63, 3.8) is 0 Å². The lowest BCUT2D eigenvalue weighted by Crippen LogP contribution is -2.34. The average molecular weight is 455 g/mol. The highest BCUT2D eigenvalue weighted by atomic mass is 16.5. The van der Waals surface area contributed by atoms with Crippen molar-refractivity contribution in [3.8, 4) is 5.75 Å². The molecule has 1 aliphatic heterocycles. The molecule has 0 aliphatic carbocycles. The number of imide groups is 1. The summed E-state index contributed by atoms with van der Waals surface area (Å²) in [5.74, 6) is 0.431. The van der Waals surface area contributed by atoms with Gasteiger partial charge in [-0.15, -0.1) is 0 Å². The molecule has 0 spiro atoms. The van der Waals surface area contributed by atoms with Gasteiger partial charge in [-0.25, -0.2) is 4.90 Å². The number of hydrogen-bond donors (Lipinski definition) is 0. The van der Waals surface area contributed by atoms with Gasteiger partial charge in [0, 0.05) is 12.7 Å². The van der Waals surface area contributed by atoms with Crippen molar-refractivity contribution in [1.82, 2.24) is 0 Å². The summed E-state index contributed by atoms with van der Waals surface area (Å²) in [6.45, 7) is 6.90. The SMILES string of the molecule is CCCOc1ccc(C2=C(N(C)c3ccccc3)C(=O)N(c3ccc(C(C)C)cc3)C2=O)cc1. The first-order valence-corrected chi connectivity index (χ1v) is 11.7. The highest BCUT2D eigenvalue weighted by Gasteiger charge is 2.42. The number of rotatable bonds is 8. The number of para-hydroxylation sites is 1. The summed E-state index contributed by atoms with van der Waals surface area (Å²) in [6, 6.07) is 24.6. The van der Waals surface area contributed by atoms with Crippen LogP contribution in [0.2, 0.25) is 0 Å². The lowest BCUT2D eigenvalue weighted by molar-refractivity contribution is -0.120. The van der Waals surface area contributed by atoms with E-state index in [-0.39, 0.29) is 11.8 Å². The summed E-state index contributed by atoms with van der Waals surface area (Å²) in [5.41, 5.74) is 3.96. The Hall–Kier alpha value is -3.86. The van der Waals surface area contributed by atoms with E-state index in [4.69, 9.17) is 4.74 Å². The third-order valence-electron chi connectivity index (χ3n) is 5.97. The van der Waals surface area contributed by atoms with E-state index >= 15 is 0 Å². The van der Waals surface area contributed by atoms with Crippen LogP contribution in [-0.4, -0.2) is 25.5 Å². The van der Waals surface area contributed by atoms with Crippen molar-refractivity contribution in [2.24, 2.45) is 0 Å². The zero-order valence-electron chi connectivity index (χ0n) is 20.1. The molecule has 1 heterocycles. The van der Waals surface area contributed by atoms with Crippen molar-refractivity contribution >= 4 is 28.8 Å². The molecule has 2 amide bonds. The molecule has 0 saturated carbocycles. The number of ether oxygens (including phenoxy) is 1. The van der Waals surface area contributed by atoms with Crippen LogP contribution in [0.5, 0.6) is 5.75 Å². The summed E-state index contributed by atoms with van der Waals surface area (Å²) in [5, 5.41) is 0. The van der Waals surface area contributed by atoms with Crippen molar-refractivity contribution < 1.29 is 14.3 Å². The lowest BCUT2D eigenvalue weighted by Gasteiger charge is -2.21. The van der Waals surface area contributed by atoms with E-state index < -0.39 is 0 Å². The standard InChI is InChI=1S/C29H30N2O3/c1-5-19-34-25-17-13-22(14-18-25)26-27(30(4)23-9-7-6-8-10-23)29(33)31(28(26)32)24-15-11-21(12-16-24)20(2)3/h6-18,20H,5,19H2,1-4H3. The fourth-order valence-electron chi connectivity index (χ4n) is 4.05. The average Bonchev–Trinajstić information content (AvgIpc) is 3.12. The molecular formula is C29H30N2O3. The van der Waals surface area contributed by atoms with E-state index in [0.29, 0.717) is 35.0 Å². The molecule has 4 rings (SSSR count). The second kappa shape index (κ2) is 9.96. The Labute approximate surface area is 201 Å². The summed E-state index contributed by atoms with van der Waals surface area (Å²) >= 11 is 0. The van der Waals surface area contributed by atoms with Gasteiger partial charge in [-0.3, -0.25) is 9.59 Å². The number of nitrogens with zero attached hydrogens (tertiary/aromatic N) is 2. The quantitative estimate of drug-likeness (QED) is 0.391. The third kappa shape index (κ3) is 4.46. The number of benzene rings is 3. The Morgan fingerprint density at radius 1 is 0.853 bits per heavy atom. The van der Waals surface area contributed by atoms with Crippen molar-refractivity contribution in [3.05, 3.63) is 95.7 Å². The van der Waals surface area contributed by atoms with Crippen LogP contribution in [0, 0.1) is 0 Å². The molecular weight excluding hydrogens is 424 g/mol. The zero-order chi connectivity index (χ0) is 24.2. The summed E-state index contributed by atoms with van der Waals surface area (Å²) < 4.78 is 5.70. The Kier molecular flexibility index (Phi) is 6.82. The van der Waals surface area contributed by atoms with Crippen LogP contribution in [0.1, 0.15) is 44.2 Å². The number of hydrogen-bond acceptors (Lipinski definition) is 4. The fourth-order valence-corrected chi connectivity index (χ4v) is 4.05. The summed E-state index contributed by atoms with van der Waals surface area (Å²) in [4.78, 5) is 30.5. The minimum absolute atomic E-state index is 0.331. The number of likely N-dealkylation sites (N-methyl/N-ethyl adjacent to an activating group) is 1. The maximum absolute atomic E-state index is 13.7. The summed E-state index contributed by atoms with van der Waals surface area (Å²) in [7, 11) is 1.82. The molecule has 0 radical (unpaired) electrons. The van der Waals surface area contributed by atoms with E-state index in [0.717, 1.165) is 23.4 Å². The molecule has 0 saturated heterocycles. The van der Waals surface area contributed by atoms with Gasteiger partial charge in [0.15, 0.2) is 0 Å². The summed E-state index contributed by atoms with van der Waals surface area (Å²) in [6.07, 6.45) is 0.913. The maximum atomic E-state index is 13.7. The Morgan fingerprint density at radius 2 is 1.50 bits per heavy atom. The lowest BCUT2D eigenvalue weighted by atomic mass is 10.0. The van der Waals surface area contributed by atoms with Gasteiger partial charge >= 0.3 is 0 Å². The van der Waals surface area contributed by atoms with E-state index in [2.05, 4.69) is 20.8 Å². The molecule has 174 valence electrons. The van der Waals surface area contributed by atoms with Crippen molar-refractivity contribution in [2.45, 2.75) is 33.1 Å². The first kappa shape index (κ1) is 23.3. The molecule has 0 bridgehead atoms. The van der Waals surface area contributed by atoms with Crippen LogP contribution in [0.25, 0.3) is 5.57 Å².